The van der Waals surface area contributed by atoms with Gasteiger partial charge >= 0.3 is 0 Å². The molecule has 3 rings (SSSR count). The van der Waals surface area contributed by atoms with Gasteiger partial charge in [0, 0.05) is 18.2 Å². The molecule has 9 heteroatoms. The van der Waals surface area contributed by atoms with Gasteiger partial charge in [-0.05, 0) is 50.6 Å². The average molecular weight is 370 g/mol. The number of benzene rings is 1. The van der Waals surface area contributed by atoms with Crippen LogP contribution < -0.4 is 10.6 Å². The zero-order chi connectivity index (χ0) is 19.4. The van der Waals surface area contributed by atoms with Gasteiger partial charge in [0.05, 0.1) is 5.69 Å². The normalized spacial score (nSPS) is 11.7. The van der Waals surface area contributed by atoms with E-state index in [4.69, 9.17) is 4.52 Å². The molecule has 0 spiro atoms. The van der Waals surface area contributed by atoms with E-state index in [2.05, 4.69) is 31.0 Å². The number of aromatic nitrogens is 3. The number of carbonyl (C=O) groups is 1. The number of aromatic amines is 1. The van der Waals surface area contributed by atoms with Gasteiger partial charge in [-0.1, -0.05) is 5.16 Å². The van der Waals surface area contributed by atoms with Crippen LogP contribution in [0.1, 0.15) is 30.1 Å². The lowest BCUT2D eigenvalue weighted by Crippen LogP contribution is -2.37. The minimum absolute atomic E-state index is 0.0673. The molecule has 8 nitrogen and oxygen atoms in total. The zero-order valence-corrected chi connectivity index (χ0v) is 15.1. The van der Waals surface area contributed by atoms with Crippen LogP contribution in [0.2, 0.25) is 0 Å². The van der Waals surface area contributed by atoms with E-state index in [-0.39, 0.29) is 23.5 Å². The molecular weight excluding hydrogens is 351 g/mol. The third kappa shape index (κ3) is 4.78. The van der Waals surface area contributed by atoms with Crippen LogP contribution >= 0.6 is 0 Å². The summed E-state index contributed by atoms with van der Waals surface area (Å²) >= 11 is 0. The topological polar surface area (TPSA) is 108 Å². The highest BCUT2D eigenvalue weighted by molar-refractivity contribution is 6.09. The van der Waals surface area contributed by atoms with Crippen LogP contribution in [0.3, 0.4) is 0 Å². The van der Waals surface area contributed by atoms with Gasteiger partial charge in [0.1, 0.15) is 11.6 Å². The molecule has 0 radical (unpaired) electrons. The van der Waals surface area contributed by atoms with E-state index >= 15 is 0 Å². The second-order valence-electron chi connectivity index (χ2n) is 6.15. The standard InChI is InChI=1S/C18H19FN6O2/c1-10(2)20-18(22-17(26)15-8-11(3)27-25-15)21-16-9-14(23-24-16)12-4-6-13(19)7-5-12/h4-10H,1-3H3,(H3,20,21,22,23,24,26). The molecule has 0 aliphatic heterocycles. The number of nitrogens with zero attached hydrogens (tertiary/aromatic N) is 3. The fourth-order valence-electron chi connectivity index (χ4n) is 2.28. The predicted molar refractivity (Wildman–Crippen MR) is 98.9 cm³/mol. The Morgan fingerprint density at radius 2 is 2.00 bits per heavy atom. The highest BCUT2D eigenvalue weighted by Gasteiger charge is 2.15. The van der Waals surface area contributed by atoms with Crippen molar-refractivity contribution in [3.63, 3.8) is 0 Å². The van der Waals surface area contributed by atoms with E-state index in [9.17, 15) is 9.18 Å². The number of halogens is 1. The molecule has 0 aliphatic carbocycles. The second-order valence-corrected chi connectivity index (χ2v) is 6.15. The summed E-state index contributed by atoms with van der Waals surface area (Å²) in [6.45, 7) is 5.46. The van der Waals surface area contributed by atoms with Crippen molar-refractivity contribution in [2.24, 2.45) is 4.99 Å². The number of nitrogens with one attached hydrogen (secondary N) is 3. The molecule has 0 bridgehead atoms. The third-order valence-corrected chi connectivity index (χ3v) is 3.46. The largest absolute Gasteiger partial charge is 0.361 e. The Morgan fingerprint density at radius 3 is 2.63 bits per heavy atom. The Labute approximate surface area is 154 Å². The van der Waals surface area contributed by atoms with Gasteiger partial charge in [-0.25, -0.2) is 9.38 Å². The maximum Gasteiger partial charge on any atom is 0.280 e. The minimum atomic E-state index is -0.451. The van der Waals surface area contributed by atoms with E-state index in [0.717, 1.165) is 5.56 Å². The van der Waals surface area contributed by atoms with Gasteiger partial charge in [0.25, 0.3) is 5.91 Å². The molecule has 0 saturated carbocycles. The van der Waals surface area contributed by atoms with Crippen molar-refractivity contribution in [2.45, 2.75) is 26.8 Å². The van der Waals surface area contributed by atoms with Crippen LogP contribution in [0.25, 0.3) is 11.3 Å². The van der Waals surface area contributed by atoms with Crippen LogP contribution in [0, 0.1) is 12.7 Å². The quantitative estimate of drug-likeness (QED) is 0.483. The highest BCUT2D eigenvalue weighted by Crippen LogP contribution is 2.20. The molecule has 2 aromatic heterocycles. The summed E-state index contributed by atoms with van der Waals surface area (Å²) < 4.78 is 18.0. The SMILES string of the molecule is Cc1cc(C(=O)NC(=NC(C)C)Nc2cc(-c3ccc(F)cc3)[nH]n2)no1. The van der Waals surface area contributed by atoms with Crippen molar-refractivity contribution < 1.29 is 13.7 Å². The number of H-pyrrole nitrogens is 1. The smallest absolute Gasteiger partial charge is 0.280 e. The van der Waals surface area contributed by atoms with Crippen molar-refractivity contribution >= 4 is 17.7 Å². The Kier molecular flexibility index (Phi) is 5.30. The van der Waals surface area contributed by atoms with Gasteiger partial charge in [-0.3, -0.25) is 15.2 Å². The van der Waals surface area contributed by atoms with Gasteiger partial charge in [-0.15, -0.1) is 0 Å². The number of aryl methyl sites for hydroxylation is 1. The van der Waals surface area contributed by atoms with E-state index in [1.165, 1.54) is 18.2 Å². The van der Waals surface area contributed by atoms with E-state index in [0.29, 0.717) is 17.3 Å². The lowest BCUT2D eigenvalue weighted by atomic mass is 10.1. The Morgan fingerprint density at radius 1 is 1.26 bits per heavy atom. The monoisotopic (exact) mass is 370 g/mol. The van der Waals surface area contributed by atoms with Crippen LogP contribution in [0.15, 0.2) is 45.9 Å². The molecule has 1 amide bonds. The van der Waals surface area contributed by atoms with Crippen LogP contribution in [0.5, 0.6) is 0 Å². The zero-order valence-electron chi connectivity index (χ0n) is 15.1. The average Bonchev–Trinajstić information content (AvgIpc) is 3.24. The number of hydrogen-bond acceptors (Lipinski definition) is 5. The van der Waals surface area contributed by atoms with Gasteiger partial charge in [0.15, 0.2) is 11.5 Å². The molecule has 0 aliphatic rings. The molecule has 3 N–H and O–H groups in total. The summed E-state index contributed by atoms with van der Waals surface area (Å²) in [6.07, 6.45) is 0. The van der Waals surface area contributed by atoms with Crippen LogP contribution in [0.4, 0.5) is 10.2 Å². The lowest BCUT2D eigenvalue weighted by molar-refractivity contribution is 0.0968. The van der Waals surface area contributed by atoms with E-state index in [1.807, 2.05) is 13.8 Å². The van der Waals surface area contributed by atoms with Crippen LogP contribution in [-0.2, 0) is 0 Å². The molecule has 140 valence electrons. The number of amides is 1. The number of rotatable bonds is 4. The summed E-state index contributed by atoms with van der Waals surface area (Å²) in [5, 5.41) is 16.3. The molecule has 1 aromatic carbocycles. The van der Waals surface area contributed by atoms with Crippen molar-refractivity contribution in [3.05, 3.63) is 53.7 Å². The molecule has 27 heavy (non-hydrogen) atoms. The van der Waals surface area contributed by atoms with Crippen molar-refractivity contribution in [1.29, 1.82) is 0 Å². The lowest BCUT2D eigenvalue weighted by Gasteiger charge is -2.09. The molecule has 0 saturated heterocycles. The first-order valence-corrected chi connectivity index (χ1v) is 8.31. The number of guanidine groups is 1. The number of anilines is 1. The first-order chi connectivity index (χ1) is 12.9. The molecule has 2 heterocycles. The van der Waals surface area contributed by atoms with E-state index in [1.54, 1.807) is 25.1 Å². The maximum absolute atomic E-state index is 13.1. The fourth-order valence-corrected chi connectivity index (χ4v) is 2.28. The molecular formula is C18H19FN6O2. The van der Waals surface area contributed by atoms with Gasteiger partial charge in [0.2, 0.25) is 5.96 Å². The molecule has 0 atom stereocenters. The molecule has 0 unspecified atom stereocenters. The second kappa shape index (κ2) is 7.81. The Bertz CT molecular complexity index is 958. The molecule has 0 fully saturated rings. The highest BCUT2D eigenvalue weighted by atomic mass is 19.1. The van der Waals surface area contributed by atoms with Gasteiger partial charge < -0.3 is 9.84 Å². The van der Waals surface area contributed by atoms with Crippen molar-refractivity contribution in [1.82, 2.24) is 20.7 Å². The van der Waals surface area contributed by atoms with Crippen LogP contribution in [-0.4, -0.2) is 33.3 Å². The minimum Gasteiger partial charge on any atom is -0.361 e. The third-order valence-electron chi connectivity index (χ3n) is 3.46. The number of hydrogen-bond donors (Lipinski definition) is 3. The Balaban J connectivity index is 1.75. The first-order valence-electron chi connectivity index (χ1n) is 8.31. The summed E-state index contributed by atoms with van der Waals surface area (Å²) in [4.78, 5) is 16.6. The summed E-state index contributed by atoms with van der Waals surface area (Å²) in [5.74, 6) is 0.451. The summed E-state index contributed by atoms with van der Waals surface area (Å²) in [7, 11) is 0. The number of aliphatic imine (C=N–C) groups is 1. The summed E-state index contributed by atoms with van der Waals surface area (Å²) in [5.41, 5.74) is 1.63. The predicted octanol–water partition coefficient (Wildman–Crippen LogP) is 3.12. The fraction of sp³-hybridized carbons (Fsp3) is 0.222. The molecule has 3 aromatic rings. The van der Waals surface area contributed by atoms with Crippen molar-refractivity contribution in [2.75, 3.05) is 5.32 Å². The number of carbonyl (C=O) groups excluding carboxylic acids is 1. The Hall–Kier alpha value is -3.49. The first kappa shape index (κ1) is 18.3. The van der Waals surface area contributed by atoms with Crippen molar-refractivity contribution in [3.8, 4) is 11.3 Å². The van der Waals surface area contributed by atoms with Gasteiger partial charge in [-0.2, -0.15) is 5.10 Å². The summed E-state index contributed by atoms with van der Waals surface area (Å²) in [6, 6.07) is 9.22. The maximum atomic E-state index is 13.1. The van der Waals surface area contributed by atoms with E-state index < -0.39 is 5.91 Å².